The van der Waals surface area contributed by atoms with Gasteiger partial charge in [-0.15, -0.1) is 0 Å². The average molecular weight is 442 g/mol. The van der Waals surface area contributed by atoms with Gasteiger partial charge in [0.15, 0.2) is 0 Å². The highest BCUT2D eigenvalue weighted by molar-refractivity contribution is 5.21. The van der Waals surface area contributed by atoms with E-state index in [1.807, 2.05) is 18.1 Å². The van der Waals surface area contributed by atoms with E-state index in [0.717, 1.165) is 11.5 Å². The highest BCUT2D eigenvalue weighted by atomic mass is 19.4. The minimum Gasteiger partial charge on any atom is -0.393 e. The van der Waals surface area contributed by atoms with Crippen molar-refractivity contribution in [2.45, 2.75) is 89.0 Å². The van der Waals surface area contributed by atoms with Crippen LogP contribution < -0.4 is 0 Å². The Hall–Kier alpha value is -1.50. The van der Waals surface area contributed by atoms with Crippen molar-refractivity contribution >= 4 is 0 Å². The van der Waals surface area contributed by atoms with E-state index in [1.165, 1.54) is 0 Å². The van der Waals surface area contributed by atoms with Crippen LogP contribution in [0.4, 0.5) is 26.3 Å². The number of hydrogen-bond acceptors (Lipinski definition) is 3. The molecule has 0 spiro atoms. The Balaban J connectivity index is 2.55. The molecule has 2 atom stereocenters. The maximum atomic E-state index is 12.6. The predicted molar refractivity (Wildman–Crippen MR) is 100 cm³/mol. The summed E-state index contributed by atoms with van der Waals surface area (Å²) in [5, 5.41) is 28.3. The summed E-state index contributed by atoms with van der Waals surface area (Å²) < 4.78 is 75.6. The van der Waals surface area contributed by atoms with Crippen LogP contribution in [-0.4, -0.2) is 45.5 Å². The van der Waals surface area contributed by atoms with Crippen LogP contribution >= 0.6 is 0 Å². The molecule has 0 aliphatic heterocycles. The van der Waals surface area contributed by atoms with Crippen molar-refractivity contribution in [1.82, 2.24) is 0 Å². The van der Waals surface area contributed by atoms with Gasteiger partial charge in [0.2, 0.25) is 0 Å². The zero-order valence-electron chi connectivity index (χ0n) is 16.9. The Morgan fingerprint density at radius 2 is 1.53 bits per heavy atom. The van der Waals surface area contributed by atoms with Crippen LogP contribution in [0.25, 0.3) is 0 Å². The second kappa shape index (κ2) is 10.2. The molecule has 1 fully saturated rings. The number of rotatable bonds is 6. The lowest BCUT2D eigenvalue weighted by Gasteiger charge is -2.27. The van der Waals surface area contributed by atoms with E-state index in [-0.39, 0.29) is 6.42 Å². The van der Waals surface area contributed by atoms with Crippen molar-refractivity contribution in [3.8, 4) is 11.8 Å². The topological polar surface area (TPSA) is 60.7 Å². The molecule has 0 saturated heterocycles. The normalized spacial score (nSPS) is 21.5. The third kappa shape index (κ3) is 7.97. The molecule has 0 bridgehead atoms. The molecule has 0 amide bonds. The summed E-state index contributed by atoms with van der Waals surface area (Å²) in [6.07, 6.45) is -4.54. The number of allylic oxidation sites excluding steroid dienone is 3. The van der Waals surface area contributed by atoms with Gasteiger partial charge in [0.05, 0.1) is 12.2 Å². The third-order valence-corrected chi connectivity index (χ3v) is 4.89. The molecular weight excluding hydrogens is 414 g/mol. The van der Waals surface area contributed by atoms with Gasteiger partial charge in [-0.2, -0.15) is 26.3 Å². The van der Waals surface area contributed by atoms with Crippen molar-refractivity contribution in [3.05, 3.63) is 23.8 Å². The van der Waals surface area contributed by atoms with Gasteiger partial charge in [-0.25, -0.2) is 0 Å². The van der Waals surface area contributed by atoms with E-state index < -0.39 is 35.6 Å². The SMILES string of the molecule is CC(C)(CC#CC(O)(C(F)(F)F)C(F)(F)F)CCCC=CC=C1C[C@@H](O)C[C@H](O)C1. The number of halogens is 6. The number of aliphatic hydroxyl groups excluding tert-OH is 2. The van der Waals surface area contributed by atoms with Gasteiger partial charge in [0.1, 0.15) is 0 Å². The number of hydrogen-bond donors (Lipinski definition) is 3. The van der Waals surface area contributed by atoms with Gasteiger partial charge < -0.3 is 15.3 Å². The van der Waals surface area contributed by atoms with Crippen LogP contribution in [0.1, 0.15) is 58.8 Å². The van der Waals surface area contributed by atoms with Crippen LogP contribution in [0.15, 0.2) is 23.8 Å². The Bertz CT molecular complexity index is 654. The van der Waals surface area contributed by atoms with Crippen molar-refractivity contribution in [1.29, 1.82) is 0 Å². The fraction of sp³-hybridized carbons (Fsp3) is 0.714. The minimum atomic E-state index is -5.94. The van der Waals surface area contributed by atoms with Crippen molar-refractivity contribution in [2.24, 2.45) is 5.41 Å². The summed E-state index contributed by atoms with van der Waals surface area (Å²) in [7, 11) is 0. The van der Waals surface area contributed by atoms with Crippen molar-refractivity contribution in [2.75, 3.05) is 0 Å². The summed E-state index contributed by atoms with van der Waals surface area (Å²) in [6.45, 7) is 3.36. The van der Waals surface area contributed by atoms with Crippen LogP contribution in [0.5, 0.6) is 0 Å². The Morgan fingerprint density at radius 1 is 1.00 bits per heavy atom. The second-order valence-electron chi connectivity index (χ2n) is 8.45. The number of alkyl halides is 6. The zero-order valence-corrected chi connectivity index (χ0v) is 16.9. The first-order valence-corrected chi connectivity index (χ1v) is 9.64. The molecule has 1 aliphatic carbocycles. The highest BCUT2D eigenvalue weighted by Crippen LogP contribution is 2.42. The van der Waals surface area contributed by atoms with E-state index >= 15 is 0 Å². The van der Waals surface area contributed by atoms with E-state index in [0.29, 0.717) is 38.5 Å². The zero-order chi connectivity index (χ0) is 23.2. The number of aliphatic hydroxyl groups is 3. The van der Waals surface area contributed by atoms with Gasteiger partial charge in [0, 0.05) is 6.42 Å². The van der Waals surface area contributed by atoms with Crippen LogP contribution in [0.3, 0.4) is 0 Å². The lowest BCUT2D eigenvalue weighted by Crippen LogP contribution is -2.55. The van der Waals surface area contributed by atoms with Crippen molar-refractivity contribution in [3.63, 3.8) is 0 Å². The third-order valence-electron chi connectivity index (χ3n) is 4.89. The largest absolute Gasteiger partial charge is 0.438 e. The molecule has 0 aromatic rings. The first-order valence-electron chi connectivity index (χ1n) is 9.64. The molecule has 172 valence electrons. The molecule has 0 aromatic carbocycles. The maximum Gasteiger partial charge on any atom is 0.438 e. The van der Waals surface area contributed by atoms with E-state index in [1.54, 1.807) is 19.9 Å². The monoisotopic (exact) mass is 442 g/mol. The first-order chi connectivity index (χ1) is 13.6. The number of unbranched alkanes of at least 4 members (excludes halogenated alkanes) is 1. The molecule has 0 radical (unpaired) electrons. The average Bonchev–Trinajstić information content (AvgIpc) is 2.54. The predicted octanol–water partition coefficient (Wildman–Crippen LogP) is 4.82. The Morgan fingerprint density at radius 3 is 2.03 bits per heavy atom. The lowest BCUT2D eigenvalue weighted by molar-refractivity contribution is -0.343. The molecule has 1 rings (SSSR count). The molecule has 0 heterocycles. The molecule has 0 unspecified atom stereocenters. The van der Waals surface area contributed by atoms with Gasteiger partial charge in [0.25, 0.3) is 0 Å². The van der Waals surface area contributed by atoms with Gasteiger partial charge in [-0.05, 0) is 49.9 Å². The molecule has 3 nitrogen and oxygen atoms in total. The van der Waals surface area contributed by atoms with Gasteiger partial charge >= 0.3 is 18.0 Å². The lowest BCUT2D eigenvalue weighted by atomic mass is 9.84. The molecule has 1 aliphatic rings. The molecule has 1 saturated carbocycles. The van der Waals surface area contributed by atoms with E-state index in [9.17, 15) is 36.6 Å². The quantitative estimate of drug-likeness (QED) is 0.314. The molecule has 9 heteroatoms. The first kappa shape index (κ1) is 26.5. The fourth-order valence-electron chi connectivity index (χ4n) is 3.11. The Kier molecular flexibility index (Phi) is 9.03. The molecular formula is C21H28F6O3. The smallest absolute Gasteiger partial charge is 0.393 e. The summed E-state index contributed by atoms with van der Waals surface area (Å²) >= 11 is 0. The summed E-state index contributed by atoms with van der Waals surface area (Å²) in [4.78, 5) is 0. The summed E-state index contributed by atoms with van der Waals surface area (Å²) in [5.74, 6) is 2.85. The van der Waals surface area contributed by atoms with E-state index in [2.05, 4.69) is 0 Å². The Labute approximate surface area is 172 Å². The summed E-state index contributed by atoms with van der Waals surface area (Å²) in [6, 6.07) is 0. The highest BCUT2D eigenvalue weighted by Gasteiger charge is 2.70. The molecule has 0 aromatic heterocycles. The van der Waals surface area contributed by atoms with Gasteiger partial charge in [-0.1, -0.05) is 43.6 Å². The summed E-state index contributed by atoms with van der Waals surface area (Å²) in [5.41, 5.74) is -4.73. The second-order valence-corrected chi connectivity index (χ2v) is 8.45. The minimum absolute atomic E-state index is 0.231. The van der Waals surface area contributed by atoms with Gasteiger partial charge in [-0.3, -0.25) is 0 Å². The molecule has 3 N–H and O–H groups in total. The maximum absolute atomic E-state index is 12.6. The van der Waals surface area contributed by atoms with E-state index in [4.69, 9.17) is 5.11 Å². The molecule has 30 heavy (non-hydrogen) atoms. The standard InChI is InChI=1S/C21H28F6O3/c1-18(2,10-7-11-19(30,20(22,23)24)21(25,26)27)9-6-4-3-5-8-15-12-16(28)14-17(29)13-15/h3,5,8,16-17,28-30H,4,6,9-10,12-14H2,1-2H3/t16-,17-/m1/s1. The van der Waals surface area contributed by atoms with Crippen molar-refractivity contribution < 1.29 is 41.7 Å². The van der Waals surface area contributed by atoms with Crippen LogP contribution in [0, 0.1) is 17.3 Å². The van der Waals surface area contributed by atoms with Crippen LogP contribution in [-0.2, 0) is 0 Å². The van der Waals surface area contributed by atoms with Crippen LogP contribution in [0.2, 0.25) is 0 Å². The fourth-order valence-corrected chi connectivity index (χ4v) is 3.11.